The molecule has 10 nitrogen and oxygen atoms in total. The highest BCUT2D eigenvalue weighted by atomic mass is 127. The van der Waals surface area contributed by atoms with Gasteiger partial charge in [0.2, 0.25) is 0 Å². The van der Waals surface area contributed by atoms with E-state index < -0.39 is 11.7 Å². The van der Waals surface area contributed by atoms with E-state index in [2.05, 4.69) is 42.9 Å². The number of nitrogens with zero attached hydrogens (tertiary/aromatic N) is 5. The Morgan fingerprint density at radius 2 is 2.24 bits per heavy atom. The molecule has 2 saturated heterocycles. The highest BCUT2D eigenvalue weighted by Crippen LogP contribution is 2.31. The van der Waals surface area contributed by atoms with Crippen molar-refractivity contribution >= 4 is 45.7 Å². The number of amides is 1. The molecule has 11 heteroatoms. The molecule has 0 saturated carbocycles. The average Bonchev–Trinajstić information content (AvgIpc) is 3.09. The van der Waals surface area contributed by atoms with Crippen molar-refractivity contribution in [3.05, 3.63) is 9.90 Å². The van der Waals surface area contributed by atoms with Gasteiger partial charge in [-0.2, -0.15) is 5.10 Å². The fourth-order valence-corrected chi connectivity index (χ4v) is 4.58. The summed E-state index contributed by atoms with van der Waals surface area (Å²) >= 11 is 2.19. The second-order valence-corrected chi connectivity index (χ2v) is 8.51. The third-order valence-corrected chi connectivity index (χ3v) is 6.50. The molecule has 0 radical (unpaired) electrons. The van der Waals surface area contributed by atoms with E-state index in [0.29, 0.717) is 25.9 Å². The number of aromatic nitrogens is 4. The first-order valence-electron chi connectivity index (χ1n) is 9.81. The molecular weight excluding hydrogens is 491 g/mol. The predicted molar refractivity (Wildman–Crippen MR) is 114 cm³/mol. The molecule has 0 bridgehead atoms. The summed E-state index contributed by atoms with van der Waals surface area (Å²) < 4.78 is 14.3. The Balaban J connectivity index is 1.53. The zero-order chi connectivity index (χ0) is 20.4. The van der Waals surface area contributed by atoms with Gasteiger partial charge in [0.15, 0.2) is 15.6 Å². The standard InChI is InChI=1S/C18H25IN6O4/c1-28-18(11-21-17(26)27)5-7-24(8-6-18)12-10-20-14-15(19)23-25(16(14)22-12)13-4-2-3-9-29-13/h10,13,21H,2-9,11H2,1H3,(H,26,27). The molecule has 0 aromatic carbocycles. The van der Waals surface area contributed by atoms with E-state index in [1.807, 2.05) is 4.68 Å². The van der Waals surface area contributed by atoms with Crippen molar-refractivity contribution < 1.29 is 19.4 Å². The summed E-state index contributed by atoms with van der Waals surface area (Å²) in [6.07, 6.45) is 5.18. The van der Waals surface area contributed by atoms with E-state index in [1.165, 1.54) is 0 Å². The second-order valence-electron chi connectivity index (χ2n) is 7.49. The minimum absolute atomic E-state index is 0.0936. The van der Waals surface area contributed by atoms with Gasteiger partial charge in [-0.1, -0.05) is 0 Å². The molecule has 1 unspecified atom stereocenters. The lowest BCUT2D eigenvalue weighted by atomic mass is 9.91. The third-order valence-electron chi connectivity index (χ3n) is 5.77. The maximum atomic E-state index is 10.9. The summed E-state index contributed by atoms with van der Waals surface area (Å²) in [5.41, 5.74) is 1.05. The smallest absolute Gasteiger partial charge is 0.404 e. The molecule has 2 aliphatic heterocycles. The number of rotatable bonds is 5. The lowest BCUT2D eigenvalue weighted by Crippen LogP contribution is -2.52. The first-order chi connectivity index (χ1) is 14.0. The van der Waals surface area contributed by atoms with Gasteiger partial charge in [-0.3, -0.25) is 0 Å². The van der Waals surface area contributed by atoms with Crippen molar-refractivity contribution in [3.8, 4) is 0 Å². The number of nitrogens with one attached hydrogen (secondary N) is 1. The van der Waals surface area contributed by atoms with Crippen LogP contribution in [0, 0.1) is 3.70 Å². The van der Waals surface area contributed by atoms with Crippen LogP contribution in [-0.2, 0) is 9.47 Å². The number of carbonyl (C=O) groups is 1. The molecule has 29 heavy (non-hydrogen) atoms. The Bertz CT molecular complexity index is 877. The van der Waals surface area contributed by atoms with Crippen molar-refractivity contribution in [2.45, 2.75) is 43.9 Å². The van der Waals surface area contributed by atoms with Gasteiger partial charge in [-0.05, 0) is 54.7 Å². The van der Waals surface area contributed by atoms with Crippen LogP contribution in [-0.4, -0.2) is 69.9 Å². The average molecular weight is 516 g/mol. The van der Waals surface area contributed by atoms with Crippen molar-refractivity contribution in [2.24, 2.45) is 0 Å². The van der Waals surface area contributed by atoms with Gasteiger partial charge in [-0.25, -0.2) is 19.4 Å². The van der Waals surface area contributed by atoms with E-state index in [9.17, 15) is 4.79 Å². The number of ether oxygens (including phenoxy) is 2. The molecular formula is C18H25IN6O4. The maximum absolute atomic E-state index is 10.9. The largest absolute Gasteiger partial charge is 0.465 e. The van der Waals surface area contributed by atoms with Crippen LogP contribution in [0.25, 0.3) is 11.2 Å². The molecule has 4 rings (SSSR count). The quantitative estimate of drug-likeness (QED) is 0.583. The van der Waals surface area contributed by atoms with Crippen LogP contribution >= 0.6 is 22.6 Å². The Labute approximate surface area is 182 Å². The van der Waals surface area contributed by atoms with Gasteiger partial charge in [-0.15, -0.1) is 0 Å². The lowest BCUT2D eigenvalue weighted by molar-refractivity contribution is -0.0372. The fourth-order valence-electron chi connectivity index (χ4n) is 3.97. The summed E-state index contributed by atoms with van der Waals surface area (Å²) in [5.74, 6) is 0.793. The van der Waals surface area contributed by atoms with Crippen LogP contribution < -0.4 is 10.2 Å². The van der Waals surface area contributed by atoms with Gasteiger partial charge < -0.3 is 24.8 Å². The first-order valence-corrected chi connectivity index (χ1v) is 10.9. The monoisotopic (exact) mass is 516 g/mol. The van der Waals surface area contributed by atoms with Crippen molar-refractivity contribution in [2.75, 3.05) is 38.3 Å². The normalized spacial score (nSPS) is 22.0. The molecule has 1 atom stereocenters. The minimum atomic E-state index is -1.03. The molecule has 2 fully saturated rings. The van der Waals surface area contributed by atoms with E-state index >= 15 is 0 Å². The molecule has 2 aliphatic rings. The van der Waals surface area contributed by atoms with E-state index in [1.54, 1.807) is 13.3 Å². The van der Waals surface area contributed by atoms with Gasteiger partial charge in [0.05, 0.1) is 18.3 Å². The van der Waals surface area contributed by atoms with E-state index in [4.69, 9.17) is 19.6 Å². The summed E-state index contributed by atoms with van der Waals surface area (Å²) in [6, 6.07) is 0. The van der Waals surface area contributed by atoms with Crippen LogP contribution in [0.5, 0.6) is 0 Å². The molecule has 158 valence electrons. The van der Waals surface area contributed by atoms with Crippen LogP contribution in [0.4, 0.5) is 10.6 Å². The minimum Gasteiger partial charge on any atom is -0.465 e. The fraction of sp³-hybridized carbons (Fsp3) is 0.667. The van der Waals surface area contributed by atoms with Crippen LogP contribution in [0.3, 0.4) is 0 Å². The van der Waals surface area contributed by atoms with Gasteiger partial charge in [0.1, 0.15) is 11.3 Å². The Morgan fingerprint density at radius 3 is 2.90 bits per heavy atom. The molecule has 2 aromatic rings. The predicted octanol–water partition coefficient (Wildman–Crippen LogP) is 2.38. The maximum Gasteiger partial charge on any atom is 0.404 e. The van der Waals surface area contributed by atoms with Gasteiger partial charge >= 0.3 is 6.09 Å². The zero-order valence-corrected chi connectivity index (χ0v) is 18.5. The van der Waals surface area contributed by atoms with Gasteiger partial charge in [0.25, 0.3) is 0 Å². The van der Waals surface area contributed by atoms with Crippen LogP contribution in [0.2, 0.25) is 0 Å². The van der Waals surface area contributed by atoms with Crippen LogP contribution in [0.1, 0.15) is 38.3 Å². The van der Waals surface area contributed by atoms with Crippen molar-refractivity contribution in [3.63, 3.8) is 0 Å². The topological polar surface area (TPSA) is 115 Å². The second kappa shape index (κ2) is 8.56. The number of methoxy groups -OCH3 is 1. The Morgan fingerprint density at radius 1 is 1.45 bits per heavy atom. The summed E-state index contributed by atoms with van der Waals surface area (Å²) in [7, 11) is 1.63. The molecule has 4 heterocycles. The van der Waals surface area contributed by atoms with Gasteiger partial charge in [0, 0.05) is 26.8 Å². The van der Waals surface area contributed by atoms with Crippen molar-refractivity contribution in [1.29, 1.82) is 0 Å². The summed E-state index contributed by atoms with van der Waals surface area (Å²) in [6.45, 7) is 2.44. The lowest BCUT2D eigenvalue weighted by Gasteiger charge is -2.41. The number of halogens is 1. The summed E-state index contributed by atoms with van der Waals surface area (Å²) in [5, 5.41) is 16.0. The number of hydrogen-bond acceptors (Lipinski definition) is 7. The molecule has 2 N–H and O–H groups in total. The van der Waals surface area contributed by atoms with Crippen LogP contribution in [0.15, 0.2) is 6.20 Å². The van der Waals surface area contributed by atoms with Crippen molar-refractivity contribution in [1.82, 2.24) is 25.1 Å². The first kappa shape index (κ1) is 20.5. The summed E-state index contributed by atoms with van der Waals surface area (Å²) in [4.78, 5) is 22.5. The number of hydrogen-bond donors (Lipinski definition) is 2. The highest BCUT2D eigenvalue weighted by molar-refractivity contribution is 14.1. The molecule has 0 spiro atoms. The molecule has 1 amide bonds. The zero-order valence-electron chi connectivity index (χ0n) is 16.3. The SMILES string of the molecule is COC1(CNC(=O)O)CCN(c2cnc3c(I)nn(C4CCCCO4)c3n2)CC1. The Kier molecular flexibility index (Phi) is 6.06. The highest BCUT2D eigenvalue weighted by Gasteiger charge is 2.35. The van der Waals surface area contributed by atoms with E-state index in [-0.39, 0.29) is 12.8 Å². The Hall–Kier alpha value is -1.73. The van der Waals surface area contributed by atoms with E-state index in [0.717, 1.165) is 46.6 Å². The number of piperidine rings is 1. The third kappa shape index (κ3) is 4.26. The number of anilines is 1. The molecule has 2 aromatic heterocycles. The molecule has 0 aliphatic carbocycles. The number of carboxylic acid groups (broad SMARTS) is 1. The number of fused-ring (bicyclic) bond motifs is 1.